The smallest absolute Gasteiger partial charge is 0.414 e. The highest BCUT2D eigenvalue weighted by molar-refractivity contribution is 6.01. The first-order valence-electron chi connectivity index (χ1n) is 10.1. The lowest BCUT2D eigenvalue weighted by molar-refractivity contribution is 0.0544. The van der Waals surface area contributed by atoms with Crippen molar-refractivity contribution in [2.75, 3.05) is 13.1 Å². The minimum absolute atomic E-state index is 0.00166. The molecule has 4 N–H and O–H groups in total. The number of hydrogen-bond acceptors (Lipinski definition) is 6. The number of hydrogen-bond donors (Lipinski definition) is 3. The van der Waals surface area contributed by atoms with E-state index in [0.29, 0.717) is 13.1 Å². The van der Waals surface area contributed by atoms with Crippen LogP contribution in [0.25, 0.3) is 0 Å². The second kappa shape index (κ2) is 10.3. The van der Waals surface area contributed by atoms with Crippen LogP contribution >= 0.6 is 0 Å². The van der Waals surface area contributed by atoms with Gasteiger partial charge >= 0.3 is 12.2 Å². The third-order valence-electron chi connectivity index (χ3n) is 3.68. The van der Waals surface area contributed by atoms with Crippen molar-refractivity contribution in [3.63, 3.8) is 0 Å². The quantitative estimate of drug-likeness (QED) is 0.445. The number of carbonyl (C=O) groups is 2. The van der Waals surface area contributed by atoms with Crippen LogP contribution in [0, 0.1) is 10.8 Å². The fraction of sp³-hybridized carbons (Fsp3) is 0.857. The van der Waals surface area contributed by atoms with Crippen molar-refractivity contribution in [2.24, 2.45) is 21.6 Å². The highest BCUT2D eigenvalue weighted by atomic mass is 16.6. The van der Waals surface area contributed by atoms with Gasteiger partial charge in [-0.15, -0.1) is 0 Å². The van der Waals surface area contributed by atoms with Crippen molar-refractivity contribution in [3.05, 3.63) is 0 Å². The summed E-state index contributed by atoms with van der Waals surface area (Å²) >= 11 is 0. The first-order valence-corrected chi connectivity index (χ1v) is 10.1. The van der Waals surface area contributed by atoms with Crippen LogP contribution in [0.3, 0.4) is 0 Å². The number of amides is 2. The Labute approximate surface area is 176 Å². The topological polar surface area (TPSA) is 115 Å². The van der Waals surface area contributed by atoms with E-state index >= 15 is 0 Å². The van der Waals surface area contributed by atoms with E-state index in [1.807, 2.05) is 0 Å². The van der Waals surface area contributed by atoms with Crippen LogP contribution in [0.4, 0.5) is 9.59 Å². The largest absolute Gasteiger partial charge is 0.444 e. The van der Waals surface area contributed by atoms with Crippen LogP contribution < -0.4 is 16.4 Å². The first kappa shape index (κ1) is 27.2. The molecule has 0 heterocycles. The van der Waals surface area contributed by atoms with Gasteiger partial charge in [0.1, 0.15) is 11.2 Å². The molecule has 8 heteroatoms. The van der Waals surface area contributed by atoms with Gasteiger partial charge < -0.3 is 15.2 Å². The second-order valence-electron chi connectivity index (χ2n) is 11.0. The Balaban J connectivity index is 5.34. The summed E-state index contributed by atoms with van der Waals surface area (Å²) in [5, 5.41) is 5.02. The van der Waals surface area contributed by atoms with Crippen LogP contribution in [0.5, 0.6) is 0 Å². The molecule has 8 nitrogen and oxygen atoms in total. The van der Waals surface area contributed by atoms with Gasteiger partial charge in [-0.2, -0.15) is 0 Å². The van der Waals surface area contributed by atoms with Crippen molar-refractivity contribution in [3.8, 4) is 0 Å². The summed E-state index contributed by atoms with van der Waals surface area (Å²) in [6.45, 7) is 20.1. The van der Waals surface area contributed by atoms with Crippen molar-refractivity contribution >= 4 is 18.1 Å². The van der Waals surface area contributed by atoms with Crippen LogP contribution in [0.15, 0.2) is 4.99 Å². The third-order valence-corrected chi connectivity index (χ3v) is 3.68. The van der Waals surface area contributed by atoms with E-state index in [-0.39, 0.29) is 16.8 Å². The zero-order valence-corrected chi connectivity index (χ0v) is 20.0. The molecule has 0 aliphatic rings. The van der Waals surface area contributed by atoms with Gasteiger partial charge in [-0.1, -0.05) is 27.7 Å². The Morgan fingerprint density at radius 1 is 0.793 bits per heavy atom. The molecule has 0 aliphatic carbocycles. The summed E-state index contributed by atoms with van der Waals surface area (Å²) in [7, 11) is 0. The summed E-state index contributed by atoms with van der Waals surface area (Å²) in [6, 6.07) is 0. The molecule has 0 radical (unpaired) electrons. The normalized spacial score (nSPS) is 12.8. The van der Waals surface area contributed by atoms with Gasteiger partial charge in [0, 0.05) is 6.54 Å². The van der Waals surface area contributed by atoms with E-state index in [1.54, 1.807) is 41.5 Å². The Bertz CT molecular complexity index is 552. The maximum Gasteiger partial charge on any atom is 0.414 e. The molecular weight excluding hydrogens is 372 g/mol. The van der Waals surface area contributed by atoms with Crippen molar-refractivity contribution in [1.82, 2.24) is 10.6 Å². The molecule has 0 atom stereocenters. The average Bonchev–Trinajstić information content (AvgIpc) is 2.39. The standard InChI is InChI=1S/C21H42N4O4/c1-18(2,3)28-16(26)24-15(25-17(27)29-19(4,5)6)23-14-21(9,10)13-20(7,8)11-12-22/h11-14,22H2,1-10H3,(H2,23,24,25,26,27). The van der Waals surface area contributed by atoms with E-state index in [9.17, 15) is 9.59 Å². The van der Waals surface area contributed by atoms with Gasteiger partial charge in [0.05, 0.1) is 0 Å². The zero-order chi connectivity index (χ0) is 23.1. The number of nitrogens with zero attached hydrogens (tertiary/aromatic N) is 1. The number of alkyl carbamates (subject to hydrolysis) is 2. The maximum atomic E-state index is 12.2. The van der Waals surface area contributed by atoms with Crippen molar-refractivity contribution in [1.29, 1.82) is 0 Å². The number of rotatable bonds is 6. The van der Waals surface area contributed by atoms with Gasteiger partial charge in [0.2, 0.25) is 5.96 Å². The van der Waals surface area contributed by atoms with Crippen LogP contribution in [0.2, 0.25) is 0 Å². The highest BCUT2D eigenvalue weighted by Gasteiger charge is 2.29. The van der Waals surface area contributed by atoms with E-state index in [4.69, 9.17) is 15.2 Å². The number of aliphatic imine (C=N–C) groups is 1. The number of guanidine groups is 1. The molecule has 0 rings (SSSR count). The molecule has 0 aliphatic heterocycles. The summed E-state index contributed by atoms with van der Waals surface area (Å²) in [5.74, 6) is -0.00166. The molecule has 0 aromatic heterocycles. The van der Waals surface area contributed by atoms with Crippen LogP contribution in [-0.4, -0.2) is 42.4 Å². The fourth-order valence-electron chi connectivity index (χ4n) is 3.03. The Morgan fingerprint density at radius 2 is 1.21 bits per heavy atom. The Hall–Kier alpha value is -1.83. The minimum atomic E-state index is -0.700. The molecule has 0 spiro atoms. The lowest BCUT2D eigenvalue weighted by Crippen LogP contribution is -2.47. The molecule has 0 saturated heterocycles. The lowest BCUT2D eigenvalue weighted by atomic mass is 9.73. The molecule has 0 fully saturated rings. The molecule has 0 aromatic carbocycles. The van der Waals surface area contributed by atoms with Crippen LogP contribution in [0.1, 0.15) is 82.1 Å². The molecule has 0 saturated carbocycles. The Morgan fingerprint density at radius 3 is 1.55 bits per heavy atom. The predicted octanol–water partition coefficient (Wildman–Crippen LogP) is 4.18. The number of carbonyl (C=O) groups excluding carboxylic acids is 2. The maximum absolute atomic E-state index is 12.2. The van der Waals surface area contributed by atoms with E-state index in [2.05, 4.69) is 43.3 Å². The van der Waals surface area contributed by atoms with E-state index < -0.39 is 23.4 Å². The number of nitrogens with one attached hydrogen (secondary N) is 2. The summed E-state index contributed by atoms with van der Waals surface area (Å²) in [5.41, 5.74) is 4.26. The summed E-state index contributed by atoms with van der Waals surface area (Å²) in [4.78, 5) is 28.7. The molecule has 0 unspecified atom stereocenters. The fourth-order valence-corrected chi connectivity index (χ4v) is 3.03. The number of ether oxygens (including phenoxy) is 2. The predicted molar refractivity (Wildman–Crippen MR) is 117 cm³/mol. The SMILES string of the molecule is CC(C)(CCN)CC(C)(C)CN=C(NC(=O)OC(C)(C)C)NC(=O)OC(C)(C)C. The number of nitrogens with two attached hydrogens (primary N) is 1. The summed E-state index contributed by atoms with van der Waals surface area (Å²) in [6.07, 6.45) is 0.383. The monoisotopic (exact) mass is 414 g/mol. The minimum Gasteiger partial charge on any atom is -0.444 e. The molecule has 0 aromatic rings. The first-order chi connectivity index (χ1) is 12.8. The molecule has 0 bridgehead atoms. The molecular formula is C21H42N4O4. The van der Waals surface area contributed by atoms with Gasteiger partial charge in [-0.25, -0.2) is 9.59 Å². The molecule has 170 valence electrons. The molecule has 29 heavy (non-hydrogen) atoms. The van der Waals surface area contributed by atoms with E-state index in [0.717, 1.165) is 12.8 Å². The Kier molecular flexibility index (Phi) is 9.63. The zero-order valence-electron chi connectivity index (χ0n) is 20.0. The second-order valence-corrected chi connectivity index (χ2v) is 11.0. The van der Waals surface area contributed by atoms with Gasteiger partial charge in [-0.05, 0) is 71.8 Å². The van der Waals surface area contributed by atoms with Gasteiger partial charge in [0.25, 0.3) is 0 Å². The van der Waals surface area contributed by atoms with E-state index in [1.165, 1.54) is 0 Å². The molecule has 2 amide bonds. The van der Waals surface area contributed by atoms with Crippen molar-refractivity contribution in [2.45, 2.75) is 93.3 Å². The highest BCUT2D eigenvalue weighted by Crippen LogP contribution is 2.36. The van der Waals surface area contributed by atoms with Gasteiger partial charge in [0.15, 0.2) is 0 Å². The lowest BCUT2D eigenvalue weighted by Gasteiger charge is -2.34. The van der Waals surface area contributed by atoms with Gasteiger partial charge in [-0.3, -0.25) is 15.6 Å². The average molecular weight is 415 g/mol. The van der Waals surface area contributed by atoms with Crippen molar-refractivity contribution < 1.29 is 19.1 Å². The third kappa shape index (κ3) is 14.8. The van der Waals surface area contributed by atoms with Crippen LogP contribution in [-0.2, 0) is 9.47 Å². The summed E-state index contributed by atoms with van der Waals surface area (Å²) < 4.78 is 10.5.